The van der Waals surface area contributed by atoms with Crippen molar-refractivity contribution in [3.05, 3.63) is 23.2 Å². The molecular formula is C14H18ClN3O2. The fourth-order valence-electron chi connectivity index (χ4n) is 2.06. The van der Waals surface area contributed by atoms with Crippen LogP contribution in [0, 0.1) is 0 Å². The van der Waals surface area contributed by atoms with Gasteiger partial charge in [-0.1, -0.05) is 18.5 Å². The number of nitrogens with one attached hydrogen (secondary N) is 1. The van der Waals surface area contributed by atoms with Crippen molar-refractivity contribution < 1.29 is 9.53 Å². The fourth-order valence-corrected chi connectivity index (χ4v) is 2.22. The van der Waals surface area contributed by atoms with Crippen molar-refractivity contribution in [2.24, 2.45) is 7.05 Å². The van der Waals surface area contributed by atoms with Crippen molar-refractivity contribution in [3.8, 4) is 0 Å². The summed E-state index contributed by atoms with van der Waals surface area (Å²) in [6, 6.07) is 5.44. The van der Waals surface area contributed by atoms with Gasteiger partial charge in [-0.3, -0.25) is 10.1 Å². The Morgan fingerprint density at radius 1 is 1.50 bits per heavy atom. The Balaban J connectivity index is 2.25. The van der Waals surface area contributed by atoms with E-state index in [2.05, 4.69) is 10.3 Å². The second kappa shape index (κ2) is 6.24. The summed E-state index contributed by atoms with van der Waals surface area (Å²) >= 11 is 5.94. The lowest BCUT2D eigenvalue weighted by atomic mass is 10.2. The zero-order valence-corrected chi connectivity index (χ0v) is 12.6. The van der Waals surface area contributed by atoms with Gasteiger partial charge in [0.2, 0.25) is 5.95 Å². The molecule has 2 aromatic rings. The van der Waals surface area contributed by atoms with E-state index in [4.69, 9.17) is 16.3 Å². The third-order valence-corrected chi connectivity index (χ3v) is 3.34. The van der Waals surface area contributed by atoms with Crippen LogP contribution in [0.2, 0.25) is 5.02 Å². The molecule has 2 rings (SSSR count). The van der Waals surface area contributed by atoms with Crippen LogP contribution in [0.4, 0.5) is 5.95 Å². The Labute approximate surface area is 122 Å². The zero-order chi connectivity index (χ0) is 14.7. The normalized spacial score (nSPS) is 12.6. The summed E-state index contributed by atoms with van der Waals surface area (Å²) in [4.78, 5) is 16.5. The van der Waals surface area contributed by atoms with Crippen molar-refractivity contribution in [2.75, 3.05) is 11.9 Å². The monoisotopic (exact) mass is 295 g/mol. The van der Waals surface area contributed by atoms with Crippen LogP contribution in [-0.4, -0.2) is 28.2 Å². The maximum Gasteiger partial charge on any atom is 0.255 e. The minimum absolute atomic E-state index is 0.182. The number of aryl methyl sites for hydroxylation is 1. The molecule has 6 heteroatoms. The molecule has 0 spiro atoms. The largest absolute Gasteiger partial charge is 0.369 e. The summed E-state index contributed by atoms with van der Waals surface area (Å²) in [5.41, 5.74) is 1.66. The second-order valence-electron chi connectivity index (χ2n) is 4.47. The number of hydrogen-bond donors (Lipinski definition) is 1. The average molecular weight is 296 g/mol. The van der Waals surface area contributed by atoms with E-state index in [0.717, 1.165) is 11.0 Å². The Bertz CT molecular complexity index is 624. The summed E-state index contributed by atoms with van der Waals surface area (Å²) in [7, 11) is 1.85. The number of imidazole rings is 1. The van der Waals surface area contributed by atoms with Gasteiger partial charge in [-0.15, -0.1) is 0 Å². The van der Waals surface area contributed by atoms with Gasteiger partial charge < -0.3 is 9.30 Å². The first-order chi connectivity index (χ1) is 9.56. The van der Waals surface area contributed by atoms with E-state index in [-0.39, 0.29) is 5.91 Å². The van der Waals surface area contributed by atoms with E-state index in [1.165, 1.54) is 0 Å². The number of nitrogens with zero attached hydrogens (tertiary/aromatic N) is 2. The quantitative estimate of drug-likeness (QED) is 0.922. The summed E-state index contributed by atoms with van der Waals surface area (Å²) in [5, 5.41) is 3.42. The molecule has 5 nitrogen and oxygen atoms in total. The van der Waals surface area contributed by atoms with Gasteiger partial charge in [0.1, 0.15) is 6.10 Å². The third kappa shape index (κ3) is 2.94. The number of anilines is 1. The molecule has 0 aliphatic rings. The van der Waals surface area contributed by atoms with Gasteiger partial charge in [0.05, 0.1) is 11.0 Å². The molecule has 20 heavy (non-hydrogen) atoms. The van der Waals surface area contributed by atoms with E-state index in [0.29, 0.717) is 24.0 Å². The first kappa shape index (κ1) is 14.8. The number of benzene rings is 1. The lowest BCUT2D eigenvalue weighted by Gasteiger charge is -2.14. The molecule has 1 heterocycles. The molecule has 0 unspecified atom stereocenters. The van der Waals surface area contributed by atoms with Gasteiger partial charge in [0.15, 0.2) is 0 Å². The van der Waals surface area contributed by atoms with E-state index in [9.17, 15) is 4.79 Å². The smallest absolute Gasteiger partial charge is 0.255 e. The lowest BCUT2D eigenvalue weighted by Crippen LogP contribution is -2.30. The van der Waals surface area contributed by atoms with Gasteiger partial charge in [-0.05, 0) is 31.5 Å². The summed E-state index contributed by atoms with van der Waals surface area (Å²) in [5.74, 6) is 0.310. The van der Waals surface area contributed by atoms with Crippen LogP contribution in [0.25, 0.3) is 11.0 Å². The first-order valence-electron chi connectivity index (χ1n) is 6.61. The maximum atomic E-state index is 12.1. The Morgan fingerprint density at radius 3 is 2.90 bits per heavy atom. The highest BCUT2D eigenvalue weighted by Gasteiger charge is 2.19. The second-order valence-corrected chi connectivity index (χ2v) is 4.91. The maximum absolute atomic E-state index is 12.1. The van der Waals surface area contributed by atoms with Gasteiger partial charge in [0.25, 0.3) is 5.91 Å². The highest BCUT2D eigenvalue weighted by atomic mass is 35.5. The molecule has 108 valence electrons. The standard InChI is InChI=1S/C14H18ClN3O2/c1-4-12(20-5-2)13(19)17-14-16-10-8-9(15)6-7-11(10)18(14)3/h6-8,12H,4-5H2,1-3H3,(H,16,17,19)/t12-/m1/s1. The van der Waals surface area contributed by atoms with Crippen molar-refractivity contribution in [2.45, 2.75) is 26.4 Å². The molecule has 0 saturated carbocycles. The van der Waals surface area contributed by atoms with Crippen molar-refractivity contribution >= 4 is 34.5 Å². The summed E-state index contributed by atoms with van der Waals surface area (Å²) in [6.07, 6.45) is 0.165. The molecule has 0 aliphatic heterocycles. The number of fused-ring (bicyclic) bond motifs is 1. The first-order valence-corrected chi connectivity index (χ1v) is 6.99. The van der Waals surface area contributed by atoms with Crippen molar-refractivity contribution in [3.63, 3.8) is 0 Å². The number of carbonyl (C=O) groups is 1. The van der Waals surface area contributed by atoms with Crippen LogP contribution in [0.15, 0.2) is 18.2 Å². The Morgan fingerprint density at radius 2 is 2.25 bits per heavy atom. The lowest BCUT2D eigenvalue weighted by molar-refractivity contribution is -0.127. The SMILES string of the molecule is CCO[C@H](CC)C(=O)Nc1nc2cc(Cl)ccc2n1C. The van der Waals surface area contributed by atoms with E-state index < -0.39 is 6.10 Å². The van der Waals surface area contributed by atoms with Gasteiger partial charge in [0, 0.05) is 18.7 Å². The number of ether oxygens (including phenoxy) is 1. The number of aromatic nitrogens is 2. The number of halogens is 1. The van der Waals surface area contributed by atoms with E-state index in [1.54, 1.807) is 12.1 Å². The Kier molecular flexibility index (Phi) is 4.62. The third-order valence-electron chi connectivity index (χ3n) is 3.11. The number of amides is 1. The molecule has 1 atom stereocenters. The zero-order valence-electron chi connectivity index (χ0n) is 11.8. The van der Waals surface area contributed by atoms with Crippen LogP contribution < -0.4 is 5.32 Å². The van der Waals surface area contributed by atoms with Crippen molar-refractivity contribution in [1.82, 2.24) is 9.55 Å². The molecule has 0 bridgehead atoms. The van der Waals surface area contributed by atoms with Crippen LogP contribution in [0.1, 0.15) is 20.3 Å². The van der Waals surface area contributed by atoms with E-state index >= 15 is 0 Å². The predicted molar refractivity (Wildman–Crippen MR) is 80.1 cm³/mol. The molecule has 0 fully saturated rings. The van der Waals surface area contributed by atoms with Gasteiger partial charge >= 0.3 is 0 Å². The average Bonchev–Trinajstić information content (AvgIpc) is 2.72. The molecule has 0 aliphatic carbocycles. The highest BCUT2D eigenvalue weighted by molar-refractivity contribution is 6.31. The highest BCUT2D eigenvalue weighted by Crippen LogP contribution is 2.22. The topological polar surface area (TPSA) is 56.1 Å². The van der Waals surface area contributed by atoms with Crippen LogP contribution in [-0.2, 0) is 16.6 Å². The Hall–Kier alpha value is -1.59. The van der Waals surface area contributed by atoms with Crippen molar-refractivity contribution in [1.29, 1.82) is 0 Å². The summed E-state index contributed by atoms with van der Waals surface area (Å²) in [6.45, 7) is 4.28. The molecule has 0 saturated heterocycles. The minimum Gasteiger partial charge on any atom is -0.369 e. The number of rotatable bonds is 5. The fraction of sp³-hybridized carbons (Fsp3) is 0.429. The summed E-state index contributed by atoms with van der Waals surface area (Å²) < 4.78 is 7.21. The molecule has 1 N–H and O–H groups in total. The molecule has 1 amide bonds. The minimum atomic E-state index is -0.455. The van der Waals surface area contributed by atoms with E-state index in [1.807, 2.05) is 31.5 Å². The van der Waals surface area contributed by atoms with Crippen LogP contribution >= 0.6 is 11.6 Å². The number of carbonyl (C=O) groups excluding carboxylic acids is 1. The predicted octanol–water partition coefficient (Wildman–Crippen LogP) is 2.98. The molecular weight excluding hydrogens is 278 g/mol. The molecule has 0 radical (unpaired) electrons. The van der Waals surface area contributed by atoms with Crippen LogP contribution in [0.5, 0.6) is 0 Å². The van der Waals surface area contributed by atoms with Crippen LogP contribution in [0.3, 0.4) is 0 Å². The van der Waals surface area contributed by atoms with Gasteiger partial charge in [-0.2, -0.15) is 0 Å². The van der Waals surface area contributed by atoms with Gasteiger partial charge in [-0.25, -0.2) is 4.98 Å². The molecule has 1 aromatic carbocycles. The molecule has 1 aromatic heterocycles. The number of hydrogen-bond acceptors (Lipinski definition) is 3.